The monoisotopic (exact) mass is 283 g/mol. The van der Waals surface area contributed by atoms with E-state index in [0.717, 1.165) is 23.6 Å². The molecule has 1 aliphatic heterocycles. The quantitative estimate of drug-likeness (QED) is 0.691. The number of nitrogens with zero attached hydrogens (tertiary/aromatic N) is 1. The van der Waals surface area contributed by atoms with Crippen molar-refractivity contribution in [2.24, 2.45) is 16.7 Å². The minimum atomic E-state index is -3.48. The average Bonchev–Trinajstić information content (AvgIpc) is 2.74. The largest absolute Gasteiger partial charge is 0.268 e. The molecule has 4 nitrogen and oxygen atoms in total. The fraction of sp³-hybridized carbons (Fsp3) is 0.786. The van der Waals surface area contributed by atoms with E-state index >= 15 is 0 Å². The third-order valence-corrected chi connectivity index (χ3v) is 7.88. The highest BCUT2D eigenvalue weighted by Gasteiger charge is 2.72. The van der Waals surface area contributed by atoms with E-state index in [9.17, 15) is 13.2 Å². The molecule has 0 aromatic rings. The third kappa shape index (κ3) is 1.34. The SMILES string of the molecule is C=C(C)C(=O)N1[C@H]2C[C@@H]3CC[C@@]2(CS1(=O)=O)C3(C)C. The summed E-state index contributed by atoms with van der Waals surface area (Å²) in [6.45, 7) is 9.56. The standard InChI is InChI=1S/C14H21NO3S/c1-9(2)12(16)15-11-7-10-5-6-14(11,13(10,3)4)8-19(15,17)18/h10-11H,1,5-8H2,2-4H3/t10-,11-,14-/m0/s1. The highest BCUT2D eigenvalue weighted by Crippen LogP contribution is 2.70. The molecule has 3 atom stereocenters. The molecule has 5 heteroatoms. The zero-order valence-electron chi connectivity index (χ0n) is 11.8. The molecule has 0 aromatic heterocycles. The van der Waals surface area contributed by atoms with Gasteiger partial charge in [0, 0.05) is 11.0 Å². The summed E-state index contributed by atoms with van der Waals surface area (Å²) in [7, 11) is -3.48. The molecule has 0 N–H and O–H groups in total. The Morgan fingerprint density at radius 3 is 2.53 bits per heavy atom. The van der Waals surface area contributed by atoms with Crippen LogP contribution in [0.1, 0.15) is 40.0 Å². The van der Waals surface area contributed by atoms with Crippen LogP contribution in [0.15, 0.2) is 12.2 Å². The molecular formula is C14H21NO3S. The second kappa shape index (κ2) is 3.43. The molecule has 3 rings (SSSR count). The minimum Gasteiger partial charge on any atom is -0.268 e. The second-order valence-electron chi connectivity index (χ2n) is 7.00. The van der Waals surface area contributed by atoms with Gasteiger partial charge in [-0.2, -0.15) is 0 Å². The van der Waals surface area contributed by atoms with Gasteiger partial charge in [0.05, 0.1) is 11.8 Å². The van der Waals surface area contributed by atoms with Crippen LogP contribution in [0.4, 0.5) is 0 Å². The predicted molar refractivity (Wildman–Crippen MR) is 72.8 cm³/mol. The molecule has 1 heterocycles. The van der Waals surface area contributed by atoms with E-state index in [-0.39, 0.29) is 22.6 Å². The second-order valence-corrected chi connectivity index (χ2v) is 8.85. The third-order valence-electron chi connectivity index (χ3n) is 5.98. The molecule has 1 saturated heterocycles. The lowest BCUT2D eigenvalue weighted by Crippen LogP contribution is -2.44. The van der Waals surface area contributed by atoms with Crippen molar-refractivity contribution in [3.05, 3.63) is 12.2 Å². The van der Waals surface area contributed by atoms with E-state index in [1.54, 1.807) is 6.92 Å². The molecule has 2 bridgehead atoms. The van der Waals surface area contributed by atoms with Gasteiger partial charge in [0.25, 0.3) is 5.91 Å². The first-order valence-corrected chi connectivity index (χ1v) is 8.46. The van der Waals surface area contributed by atoms with E-state index in [1.165, 1.54) is 0 Å². The van der Waals surface area contributed by atoms with Crippen LogP contribution in [-0.2, 0) is 14.8 Å². The molecule has 0 aromatic carbocycles. The van der Waals surface area contributed by atoms with Crippen LogP contribution in [0.2, 0.25) is 0 Å². The van der Waals surface area contributed by atoms with Crippen LogP contribution in [-0.4, -0.2) is 30.4 Å². The molecule has 0 unspecified atom stereocenters. The highest BCUT2D eigenvalue weighted by atomic mass is 32.2. The maximum absolute atomic E-state index is 12.5. The van der Waals surface area contributed by atoms with Crippen LogP contribution in [0.25, 0.3) is 0 Å². The Morgan fingerprint density at radius 1 is 1.37 bits per heavy atom. The molecule has 106 valence electrons. The zero-order chi connectivity index (χ0) is 14.2. The van der Waals surface area contributed by atoms with Crippen molar-refractivity contribution in [2.75, 3.05) is 5.75 Å². The summed E-state index contributed by atoms with van der Waals surface area (Å²) in [5, 5.41) is 0. The molecular weight excluding hydrogens is 262 g/mol. The Bertz CT molecular complexity index is 577. The molecule has 1 spiro atoms. The first-order valence-electron chi connectivity index (χ1n) is 6.85. The number of hydrogen-bond acceptors (Lipinski definition) is 3. The van der Waals surface area contributed by atoms with Gasteiger partial charge in [-0.3, -0.25) is 4.79 Å². The number of carbonyl (C=O) groups excluding carboxylic acids is 1. The summed E-state index contributed by atoms with van der Waals surface area (Å²) in [4.78, 5) is 12.2. The summed E-state index contributed by atoms with van der Waals surface area (Å²) in [6.07, 6.45) is 2.84. The van der Waals surface area contributed by atoms with E-state index in [1.807, 2.05) is 0 Å². The lowest BCUT2D eigenvalue weighted by Gasteiger charge is -2.37. The number of hydrogen-bond donors (Lipinski definition) is 0. The Balaban J connectivity index is 2.12. The van der Waals surface area contributed by atoms with Crippen LogP contribution in [0.5, 0.6) is 0 Å². The van der Waals surface area contributed by atoms with Crippen molar-refractivity contribution >= 4 is 15.9 Å². The first-order chi connectivity index (χ1) is 8.63. The van der Waals surface area contributed by atoms with Gasteiger partial charge in [0.2, 0.25) is 10.0 Å². The Morgan fingerprint density at radius 2 is 2.00 bits per heavy atom. The number of rotatable bonds is 1. The molecule has 1 amide bonds. The molecule has 2 saturated carbocycles. The topological polar surface area (TPSA) is 54.5 Å². The molecule has 19 heavy (non-hydrogen) atoms. The zero-order valence-corrected chi connectivity index (χ0v) is 12.6. The van der Waals surface area contributed by atoms with Gasteiger partial charge in [-0.05, 0) is 37.5 Å². The number of carbonyl (C=O) groups is 1. The Labute approximate surface area is 114 Å². The van der Waals surface area contributed by atoms with Crippen molar-refractivity contribution in [1.82, 2.24) is 4.31 Å². The number of amides is 1. The minimum absolute atomic E-state index is 0.00877. The summed E-state index contributed by atoms with van der Waals surface area (Å²) in [6, 6.07) is -0.143. The summed E-state index contributed by atoms with van der Waals surface area (Å²) in [5.41, 5.74) is 0.0809. The van der Waals surface area contributed by atoms with Crippen molar-refractivity contribution in [3.63, 3.8) is 0 Å². The predicted octanol–water partition coefficient (Wildman–Crippen LogP) is 1.93. The van der Waals surface area contributed by atoms with Crippen molar-refractivity contribution in [3.8, 4) is 0 Å². The molecule has 2 aliphatic carbocycles. The van der Waals surface area contributed by atoms with Gasteiger partial charge in [-0.25, -0.2) is 12.7 Å². The highest BCUT2D eigenvalue weighted by molar-refractivity contribution is 7.90. The fourth-order valence-corrected chi connectivity index (χ4v) is 7.33. The van der Waals surface area contributed by atoms with Gasteiger partial charge in [0.15, 0.2) is 0 Å². The fourth-order valence-electron chi connectivity index (χ4n) is 4.74. The summed E-state index contributed by atoms with van der Waals surface area (Å²) >= 11 is 0. The number of fused-ring (bicyclic) bond motifs is 1. The van der Waals surface area contributed by atoms with Gasteiger partial charge in [-0.15, -0.1) is 0 Å². The van der Waals surface area contributed by atoms with Crippen LogP contribution < -0.4 is 0 Å². The van der Waals surface area contributed by atoms with Gasteiger partial charge in [-0.1, -0.05) is 20.4 Å². The Kier molecular flexibility index (Phi) is 2.37. The smallest absolute Gasteiger partial charge is 0.262 e. The first kappa shape index (κ1) is 13.2. The van der Waals surface area contributed by atoms with Crippen LogP contribution in [0.3, 0.4) is 0 Å². The van der Waals surface area contributed by atoms with Crippen molar-refractivity contribution < 1.29 is 13.2 Å². The Hall–Kier alpha value is -0.840. The normalized spacial score (nSPS) is 41.3. The number of sulfonamides is 1. The summed E-state index contributed by atoms with van der Waals surface area (Å²) in [5.74, 6) is 0.256. The van der Waals surface area contributed by atoms with Crippen LogP contribution in [0, 0.1) is 16.7 Å². The lowest BCUT2D eigenvalue weighted by molar-refractivity contribution is -0.125. The molecule has 3 fully saturated rings. The lowest BCUT2D eigenvalue weighted by atomic mass is 9.69. The van der Waals surface area contributed by atoms with Crippen LogP contribution >= 0.6 is 0 Å². The molecule has 0 radical (unpaired) electrons. The maximum Gasteiger partial charge on any atom is 0.262 e. The van der Waals surface area contributed by atoms with Gasteiger partial charge < -0.3 is 0 Å². The maximum atomic E-state index is 12.5. The van der Waals surface area contributed by atoms with Gasteiger partial charge >= 0.3 is 0 Å². The van der Waals surface area contributed by atoms with Crippen molar-refractivity contribution in [1.29, 1.82) is 0 Å². The summed E-state index contributed by atoms with van der Waals surface area (Å²) < 4.78 is 26.1. The molecule has 3 aliphatic rings. The van der Waals surface area contributed by atoms with E-state index in [0.29, 0.717) is 11.5 Å². The van der Waals surface area contributed by atoms with Gasteiger partial charge in [0.1, 0.15) is 0 Å². The van der Waals surface area contributed by atoms with E-state index in [4.69, 9.17) is 0 Å². The average molecular weight is 283 g/mol. The van der Waals surface area contributed by atoms with Crippen molar-refractivity contribution in [2.45, 2.75) is 46.1 Å². The van der Waals surface area contributed by atoms with E-state index < -0.39 is 15.9 Å². The van der Waals surface area contributed by atoms with E-state index in [2.05, 4.69) is 20.4 Å².